The highest BCUT2D eigenvalue weighted by Crippen LogP contribution is 2.36. The Labute approximate surface area is 136 Å². The van der Waals surface area contributed by atoms with Crippen molar-refractivity contribution < 1.29 is 19.0 Å². The molecule has 0 spiro atoms. The molecule has 1 aliphatic rings. The predicted molar refractivity (Wildman–Crippen MR) is 85.8 cm³/mol. The van der Waals surface area contributed by atoms with Crippen molar-refractivity contribution in [1.29, 1.82) is 0 Å². The lowest BCUT2D eigenvalue weighted by atomic mass is 10.1. The maximum absolute atomic E-state index is 13.4. The number of fused-ring (bicyclic) bond motifs is 2. The molecule has 4 rings (SSSR count). The number of aromatic nitrogens is 1. The van der Waals surface area contributed by atoms with E-state index >= 15 is 0 Å². The fourth-order valence-electron chi connectivity index (χ4n) is 2.92. The Bertz CT molecular complexity index is 996. The zero-order valence-electron chi connectivity index (χ0n) is 12.7. The normalized spacial score (nSPS) is 12.8. The maximum Gasteiger partial charge on any atom is 0.256 e. The van der Waals surface area contributed by atoms with E-state index < -0.39 is 0 Å². The largest absolute Gasteiger partial charge is 0.454 e. The van der Waals surface area contributed by atoms with Crippen molar-refractivity contribution in [2.75, 3.05) is 6.79 Å². The number of aliphatic hydroxyl groups excluding tert-OH is 1. The van der Waals surface area contributed by atoms with Gasteiger partial charge in [0.1, 0.15) is 5.82 Å². The highest BCUT2D eigenvalue weighted by atomic mass is 19.1. The molecule has 0 radical (unpaired) electrons. The molecule has 0 saturated heterocycles. The summed E-state index contributed by atoms with van der Waals surface area (Å²) in [6, 6.07) is 11.2. The molecule has 24 heavy (non-hydrogen) atoms. The van der Waals surface area contributed by atoms with Crippen LogP contribution in [0.3, 0.4) is 0 Å². The van der Waals surface area contributed by atoms with E-state index in [1.807, 2.05) is 0 Å². The van der Waals surface area contributed by atoms with Crippen LogP contribution in [-0.4, -0.2) is 16.5 Å². The van der Waals surface area contributed by atoms with Gasteiger partial charge in [0.15, 0.2) is 11.5 Å². The molecule has 0 fully saturated rings. The average Bonchev–Trinajstić information content (AvgIpc) is 3.03. The Morgan fingerprint density at radius 3 is 2.67 bits per heavy atom. The van der Waals surface area contributed by atoms with Crippen molar-refractivity contribution in [3.63, 3.8) is 0 Å². The Kier molecular flexibility index (Phi) is 3.46. The molecule has 6 heteroatoms. The minimum Gasteiger partial charge on any atom is -0.454 e. The summed E-state index contributed by atoms with van der Waals surface area (Å²) < 4.78 is 25.7. The van der Waals surface area contributed by atoms with E-state index in [2.05, 4.69) is 0 Å². The molecule has 1 aromatic heterocycles. The highest BCUT2D eigenvalue weighted by Gasteiger charge is 2.18. The van der Waals surface area contributed by atoms with Crippen LogP contribution in [0.1, 0.15) is 11.1 Å². The van der Waals surface area contributed by atoms with Crippen molar-refractivity contribution in [1.82, 2.24) is 4.57 Å². The van der Waals surface area contributed by atoms with Gasteiger partial charge in [0.25, 0.3) is 5.56 Å². The van der Waals surface area contributed by atoms with E-state index in [-0.39, 0.29) is 36.9 Å². The fourth-order valence-corrected chi connectivity index (χ4v) is 2.92. The Hall–Kier alpha value is -2.86. The molecule has 2 heterocycles. The van der Waals surface area contributed by atoms with Gasteiger partial charge >= 0.3 is 0 Å². The van der Waals surface area contributed by atoms with Gasteiger partial charge in [-0.15, -0.1) is 0 Å². The number of benzene rings is 2. The lowest BCUT2D eigenvalue weighted by Gasteiger charge is -2.13. The van der Waals surface area contributed by atoms with Gasteiger partial charge in [0.2, 0.25) is 6.79 Å². The summed E-state index contributed by atoms with van der Waals surface area (Å²) in [5.41, 5.74) is 1.27. The maximum atomic E-state index is 13.4. The first-order valence-corrected chi connectivity index (χ1v) is 7.47. The molecule has 2 aromatic carbocycles. The van der Waals surface area contributed by atoms with Gasteiger partial charge in [-0.2, -0.15) is 0 Å². The van der Waals surface area contributed by atoms with Crippen LogP contribution < -0.4 is 15.0 Å². The first-order valence-electron chi connectivity index (χ1n) is 7.47. The van der Waals surface area contributed by atoms with E-state index in [1.165, 1.54) is 16.7 Å². The highest BCUT2D eigenvalue weighted by molar-refractivity contribution is 5.84. The number of ether oxygens (including phenoxy) is 2. The van der Waals surface area contributed by atoms with Crippen LogP contribution in [0.5, 0.6) is 11.5 Å². The molecule has 0 aliphatic carbocycles. The third-order valence-corrected chi connectivity index (χ3v) is 4.06. The van der Waals surface area contributed by atoms with Gasteiger partial charge in [0, 0.05) is 17.0 Å². The van der Waals surface area contributed by atoms with Crippen LogP contribution >= 0.6 is 0 Å². The molecular formula is C18H14FNO4. The summed E-state index contributed by atoms with van der Waals surface area (Å²) in [5.74, 6) is 0.801. The Morgan fingerprint density at radius 1 is 1.12 bits per heavy atom. The third-order valence-electron chi connectivity index (χ3n) is 4.06. The molecule has 5 nitrogen and oxygen atoms in total. The molecule has 1 aliphatic heterocycles. The lowest BCUT2D eigenvalue weighted by Crippen LogP contribution is -2.24. The van der Waals surface area contributed by atoms with Crippen LogP contribution in [0.15, 0.2) is 47.3 Å². The van der Waals surface area contributed by atoms with Gasteiger partial charge in [-0.1, -0.05) is 12.1 Å². The second kappa shape index (κ2) is 5.65. The van der Waals surface area contributed by atoms with E-state index in [0.717, 1.165) is 5.39 Å². The molecule has 0 saturated carbocycles. The SMILES string of the molecule is O=c1c(CO)cc2cc3c(cc2n1Cc1cccc(F)c1)OCO3. The summed E-state index contributed by atoms with van der Waals surface area (Å²) in [6.45, 7) is -0.0421. The summed E-state index contributed by atoms with van der Waals surface area (Å²) in [4.78, 5) is 12.6. The van der Waals surface area contributed by atoms with Crippen molar-refractivity contribution in [3.8, 4) is 11.5 Å². The lowest BCUT2D eigenvalue weighted by molar-refractivity contribution is 0.174. The molecule has 122 valence electrons. The Balaban J connectivity index is 1.94. The second-order valence-corrected chi connectivity index (χ2v) is 5.61. The van der Waals surface area contributed by atoms with Crippen molar-refractivity contribution in [2.45, 2.75) is 13.2 Å². The van der Waals surface area contributed by atoms with E-state index in [4.69, 9.17) is 9.47 Å². The van der Waals surface area contributed by atoms with Crippen LogP contribution in [0.25, 0.3) is 10.9 Å². The topological polar surface area (TPSA) is 60.7 Å². The first kappa shape index (κ1) is 14.7. The van der Waals surface area contributed by atoms with Gasteiger partial charge in [-0.05, 0) is 29.8 Å². The molecule has 1 N–H and O–H groups in total. The standard InChI is InChI=1S/C18H14FNO4/c19-14-3-1-2-11(4-14)8-20-15-7-17-16(23-10-24-17)6-12(15)5-13(9-21)18(20)22/h1-7,21H,8-10H2. The quantitative estimate of drug-likeness (QED) is 0.802. The zero-order valence-corrected chi connectivity index (χ0v) is 12.7. The predicted octanol–water partition coefficient (Wildman–Crippen LogP) is 2.41. The number of hydrogen-bond acceptors (Lipinski definition) is 4. The van der Waals surface area contributed by atoms with Gasteiger partial charge in [-0.3, -0.25) is 4.79 Å². The summed E-state index contributed by atoms with van der Waals surface area (Å²) >= 11 is 0. The number of halogens is 1. The van der Waals surface area contributed by atoms with E-state index in [0.29, 0.717) is 22.6 Å². The number of rotatable bonds is 3. The van der Waals surface area contributed by atoms with Crippen molar-refractivity contribution >= 4 is 10.9 Å². The number of pyridine rings is 1. The zero-order chi connectivity index (χ0) is 16.7. The van der Waals surface area contributed by atoms with Gasteiger partial charge < -0.3 is 19.1 Å². The van der Waals surface area contributed by atoms with Crippen LogP contribution in [-0.2, 0) is 13.2 Å². The minimum atomic E-state index is -0.369. The van der Waals surface area contributed by atoms with Crippen molar-refractivity contribution in [3.05, 3.63) is 69.8 Å². The summed E-state index contributed by atoms with van der Waals surface area (Å²) in [6.07, 6.45) is 0. The summed E-state index contributed by atoms with van der Waals surface area (Å²) in [5, 5.41) is 10.2. The molecule has 0 bridgehead atoms. The number of hydrogen-bond donors (Lipinski definition) is 1. The van der Waals surface area contributed by atoms with Crippen LogP contribution in [0.2, 0.25) is 0 Å². The van der Waals surface area contributed by atoms with Crippen LogP contribution in [0, 0.1) is 5.82 Å². The smallest absolute Gasteiger partial charge is 0.256 e. The Morgan fingerprint density at radius 2 is 1.92 bits per heavy atom. The monoisotopic (exact) mass is 327 g/mol. The summed E-state index contributed by atoms with van der Waals surface area (Å²) in [7, 11) is 0. The molecule has 0 unspecified atom stereocenters. The molecule has 0 atom stereocenters. The molecular weight excluding hydrogens is 313 g/mol. The minimum absolute atomic E-state index is 0.132. The fraction of sp³-hybridized carbons (Fsp3) is 0.167. The molecule has 0 amide bonds. The third kappa shape index (κ3) is 2.41. The number of nitrogens with zero attached hydrogens (tertiary/aromatic N) is 1. The second-order valence-electron chi connectivity index (χ2n) is 5.61. The van der Waals surface area contributed by atoms with Crippen LogP contribution in [0.4, 0.5) is 4.39 Å². The number of aliphatic hydroxyl groups is 1. The molecule has 3 aromatic rings. The van der Waals surface area contributed by atoms with Crippen molar-refractivity contribution in [2.24, 2.45) is 0 Å². The van der Waals surface area contributed by atoms with Gasteiger partial charge in [-0.25, -0.2) is 4.39 Å². The first-order chi connectivity index (χ1) is 11.7. The average molecular weight is 327 g/mol. The van der Waals surface area contributed by atoms with Gasteiger partial charge in [0.05, 0.1) is 18.7 Å². The van der Waals surface area contributed by atoms with E-state index in [9.17, 15) is 14.3 Å². The van der Waals surface area contributed by atoms with E-state index in [1.54, 1.807) is 30.3 Å².